The molecule has 1 spiro atoms. The van der Waals surface area contributed by atoms with Gasteiger partial charge in [0.15, 0.2) is 5.78 Å². The molecule has 4 saturated carbocycles. The summed E-state index contributed by atoms with van der Waals surface area (Å²) < 4.78 is 23.3. The predicted molar refractivity (Wildman–Crippen MR) is 118 cm³/mol. The SMILES string of the molecule is C=C1C(=O)C23C(OC(C)=O)CC4C5(C)CCCC4(C(=O)OC5)C2C(OC(C)=O)CC1C3OC(C)=O. The molecule has 5 fully saturated rings. The number of carbonyl (C=O) groups excluding carboxylic acids is 5. The van der Waals surface area contributed by atoms with Crippen molar-refractivity contribution < 1.29 is 42.9 Å². The Bertz CT molecular complexity index is 1050. The number of hydrogen-bond acceptors (Lipinski definition) is 9. The molecule has 190 valence electrons. The molecule has 9 heteroatoms. The van der Waals surface area contributed by atoms with Crippen LogP contribution < -0.4 is 0 Å². The molecule has 9 nitrogen and oxygen atoms in total. The molecule has 1 saturated heterocycles. The van der Waals surface area contributed by atoms with Crippen molar-refractivity contribution in [1.29, 1.82) is 0 Å². The van der Waals surface area contributed by atoms with E-state index in [0.717, 1.165) is 12.8 Å². The summed E-state index contributed by atoms with van der Waals surface area (Å²) in [6.07, 6.45) is -0.369. The third kappa shape index (κ3) is 2.96. The molecular formula is C26H32O9. The number of hydrogen-bond donors (Lipinski definition) is 0. The zero-order valence-corrected chi connectivity index (χ0v) is 20.6. The molecule has 5 rings (SSSR count). The molecule has 1 heterocycles. The van der Waals surface area contributed by atoms with Gasteiger partial charge in [-0.3, -0.25) is 24.0 Å². The Kier molecular flexibility index (Phi) is 5.24. The number of Topliss-reactive ketones (excluding diaryl/α,β-unsaturated/α-hetero) is 1. The molecule has 1 aliphatic heterocycles. The van der Waals surface area contributed by atoms with Crippen molar-refractivity contribution >= 4 is 29.7 Å². The van der Waals surface area contributed by atoms with Crippen molar-refractivity contribution in [1.82, 2.24) is 0 Å². The first kappa shape index (κ1) is 24.0. The van der Waals surface area contributed by atoms with Crippen molar-refractivity contribution in [2.24, 2.45) is 34.0 Å². The summed E-state index contributed by atoms with van der Waals surface area (Å²) >= 11 is 0. The van der Waals surface area contributed by atoms with E-state index in [4.69, 9.17) is 18.9 Å². The van der Waals surface area contributed by atoms with Gasteiger partial charge in [-0.05, 0) is 37.2 Å². The quantitative estimate of drug-likeness (QED) is 0.334. The number of fused-ring (bicyclic) bond motifs is 1. The lowest BCUT2D eigenvalue weighted by Crippen LogP contribution is -2.75. The van der Waals surface area contributed by atoms with E-state index in [-0.39, 0.29) is 36.4 Å². The molecule has 0 amide bonds. The number of rotatable bonds is 3. The Morgan fingerprint density at radius 2 is 1.63 bits per heavy atom. The lowest BCUT2D eigenvalue weighted by Gasteiger charge is -2.67. The van der Waals surface area contributed by atoms with E-state index in [9.17, 15) is 24.0 Å². The number of carbonyl (C=O) groups is 5. The van der Waals surface area contributed by atoms with E-state index >= 15 is 0 Å². The predicted octanol–water partition coefficient (Wildman–Crippen LogP) is 2.30. The maximum atomic E-state index is 14.2. The van der Waals surface area contributed by atoms with E-state index in [1.807, 2.05) is 0 Å². The fourth-order valence-corrected chi connectivity index (χ4v) is 8.63. The number of cyclic esters (lactones) is 1. The van der Waals surface area contributed by atoms with Crippen LogP contribution in [-0.4, -0.2) is 54.6 Å². The summed E-state index contributed by atoms with van der Waals surface area (Å²) in [5.41, 5.74) is -2.89. The molecule has 35 heavy (non-hydrogen) atoms. The Balaban J connectivity index is 1.81. The summed E-state index contributed by atoms with van der Waals surface area (Å²) in [4.78, 5) is 64.9. The van der Waals surface area contributed by atoms with Crippen LogP contribution >= 0.6 is 0 Å². The summed E-state index contributed by atoms with van der Waals surface area (Å²) in [6.45, 7) is 10.1. The van der Waals surface area contributed by atoms with Crippen molar-refractivity contribution in [3.63, 3.8) is 0 Å². The highest BCUT2D eigenvalue weighted by Gasteiger charge is 2.82. The zero-order chi connectivity index (χ0) is 25.5. The fourth-order valence-electron chi connectivity index (χ4n) is 8.63. The lowest BCUT2D eigenvalue weighted by atomic mass is 9.38. The molecule has 0 aromatic carbocycles. The Hall–Kier alpha value is -2.71. The second-order valence-electron chi connectivity index (χ2n) is 11.3. The van der Waals surface area contributed by atoms with Gasteiger partial charge in [0, 0.05) is 38.0 Å². The van der Waals surface area contributed by atoms with Crippen molar-refractivity contribution in [2.45, 2.75) is 78.1 Å². The average molecular weight is 489 g/mol. The highest BCUT2D eigenvalue weighted by molar-refractivity contribution is 6.06. The second kappa shape index (κ2) is 7.64. The summed E-state index contributed by atoms with van der Waals surface area (Å²) in [6, 6.07) is 0. The van der Waals surface area contributed by atoms with E-state index in [1.54, 1.807) is 0 Å². The van der Waals surface area contributed by atoms with Gasteiger partial charge in [-0.1, -0.05) is 19.9 Å². The van der Waals surface area contributed by atoms with Crippen LogP contribution in [0, 0.1) is 34.0 Å². The zero-order valence-electron chi connectivity index (χ0n) is 20.6. The molecule has 0 aromatic heterocycles. The third-order valence-corrected chi connectivity index (χ3v) is 9.51. The van der Waals surface area contributed by atoms with Gasteiger partial charge in [0.2, 0.25) is 0 Å². The maximum absolute atomic E-state index is 14.2. The van der Waals surface area contributed by atoms with Gasteiger partial charge < -0.3 is 18.9 Å². The number of ketones is 1. The molecule has 9 atom stereocenters. The van der Waals surface area contributed by atoms with Crippen LogP contribution in [0.1, 0.15) is 59.8 Å². The first-order chi connectivity index (χ1) is 16.4. The van der Waals surface area contributed by atoms with Crippen LogP contribution in [0.25, 0.3) is 0 Å². The fraction of sp³-hybridized carbons (Fsp3) is 0.731. The van der Waals surface area contributed by atoms with Gasteiger partial charge in [-0.2, -0.15) is 0 Å². The Morgan fingerprint density at radius 3 is 2.26 bits per heavy atom. The highest BCUT2D eigenvalue weighted by atomic mass is 16.6. The molecule has 4 aliphatic carbocycles. The first-order valence-electron chi connectivity index (χ1n) is 12.3. The van der Waals surface area contributed by atoms with E-state index in [1.165, 1.54) is 20.8 Å². The normalized spacial score (nSPS) is 45.5. The molecule has 9 unspecified atom stereocenters. The molecule has 4 bridgehead atoms. The van der Waals surface area contributed by atoms with Crippen molar-refractivity contribution in [3.8, 4) is 0 Å². The summed E-state index contributed by atoms with van der Waals surface area (Å²) in [7, 11) is 0. The van der Waals surface area contributed by atoms with Crippen molar-refractivity contribution in [2.75, 3.05) is 6.61 Å². The Labute approximate surface area is 203 Å². The second-order valence-corrected chi connectivity index (χ2v) is 11.3. The lowest BCUT2D eigenvalue weighted by molar-refractivity contribution is -0.283. The first-order valence-corrected chi connectivity index (χ1v) is 12.3. The van der Waals surface area contributed by atoms with E-state index in [2.05, 4.69) is 13.5 Å². The molecular weight excluding hydrogens is 456 g/mol. The van der Waals surface area contributed by atoms with Crippen LogP contribution in [0.5, 0.6) is 0 Å². The summed E-state index contributed by atoms with van der Waals surface area (Å²) in [5, 5.41) is 0. The topological polar surface area (TPSA) is 122 Å². The van der Waals surface area contributed by atoms with E-state index < -0.39 is 70.6 Å². The smallest absolute Gasteiger partial charge is 0.312 e. The van der Waals surface area contributed by atoms with Crippen LogP contribution in [0.4, 0.5) is 0 Å². The van der Waals surface area contributed by atoms with Gasteiger partial charge in [0.05, 0.1) is 12.0 Å². The molecule has 5 aliphatic rings. The van der Waals surface area contributed by atoms with Gasteiger partial charge >= 0.3 is 23.9 Å². The molecule has 0 aromatic rings. The highest BCUT2D eigenvalue weighted by Crippen LogP contribution is 2.73. The van der Waals surface area contributed by atoms with Crippen LogP contribution in [0.2, 0.25) is 0 Å². The third-order valence-electron chi connectivity index (χ3n) is 9.51. The van der Waals surface area contributed by atoms with Crippen LogP contribution in [0.3, 0.4) is 0 Å². The standard InChI is InChI=1S/C26H32O9/c1-12-16-9-17(33-13(2)27)20-25-8-6-7-24(5,11-32-23(25)31)18(25)10-19(34-14(3)28)26(20,21(12)30)22(16)35-15(4)29/h16-20,22H,1,6-11H2,2-5H3. The van der Waals surface area contributed by atoms with Crippen molar-refractivity contribution in [3.05, 3.63) is 12.2 Å². The summed E-state index contributed by atoms with van der Waals surface area (Å²) in [5.74, 6) is -4.29. The minimum Gasteiger partial charge on any atom is -0.465 e. The van der Waals surface area contributed by atoms with Gasteiger partial charge in [0.25, 0.3) is 0 Å². The monoisotopic (exact) mass is 488 g/mol. The minimum absolute atomic E-state index is 0.180. The average Bonchev–Trinajstić information content (AvgIpc) is 2.87. The van der Waals surface area contributed by atoms with Gasteiger partial charge in [-0.15, -0.1) is 0 Å². The maximum Gasteiger partial charge on any atom is 0.312 e. The number of ether oxygens (including phenoxy) is 4. The Morgan fingerprint density at radius 1 is 0.971 bits per heavy atom. The van der Waals surface area contributed by atoms with Gasteiger partial charge in [-0.25, -0.2) is 0 Å². The molecule has 0 N–H and O–H groups in total. The van der Waals surface area contributed by atoms with E-state index in [0.29, 0.717) is 6.42 Å². The van der Waals surface area contributed by atoms with Crippen LogP contribution in [0.15, 0.2) is 12.2 Å². The molecule has 0 radical (unpaired) electrons. The van der Waals surface area contributed by atoms with Crippen LogP contribution in [-0.2, 0) is 42.9 Å². The largest absolute Gasteiger partial charge is 0.465 e. The number of esters is 4. The van der Waals surface area contributed by atoms with Gasteiger partial charge in [0.1, 0.15) is 23.7 Å². The minimum atomic E-state index is -1.59.